The van der Waals surface area contributed by atoms with Gasteiger partial charge < -0.3 is 10.1 Å². The zero-order valence-corrected chi connectivity index (χ0v) is 11.5. The van der Waals surface area contributed by atoms with Crippen LogP contribution in [0.25, 0.3) is 0 Å². The van der Waals surface area contributed by atoms with Crippen LogP contribution in [0.1, 0.15) is 19.3 Å². The highest BCUT2D eigenvalue weighted by molar-refractivity contribution is 9.10. The Balaban J connectivity index is 2.74. The number of ether oxygens (including phenoxy) is 1. The van der Waals surface area contributed by atoms with Crippen molar-refractivity contribution in [1.82, 2.24) is 0 Å². The van der Waals surface area contributed by atoms with Gasteiger partial charge in [-0.3, -0.25) is 4.79 Å². The molecule has 0 saturated heterocycles. The van der Waals surface area contributed by atoms with Crippen LogP contribution in [-0.4, -0.2) is 13.0 Å². The summed E-state index contributed by atoms with van der Waals surface area (Å²) in [6.07, 6.45) is 6.59. The zero-order valence-electron chi connectivity index (χ0n) is 9.93. The quantitative estimate of drug-likeness (QED) is 0.669. The first-order valence-corrected chi connectivity index (χ1v) is 6.14. The number of unbranched alkanes of at least 4 members (excludes halogenated alkanes) is 1. The van der Waals surface area contributed by atoms with Crippen molar-refractivity contribution in [3.63, 3.8) is 0 Å². The normalized spacial score (nSPS) is 9.67. The number of hydrogen-bond donors (Lipinski definition) is 1. The molecule has 5 heteroatoms. The van der Waals surface area contributed by atoms with Crippen molar-refractivity contribution in [2.45, 2.75) is 19.3 Å². The molecule has 0 atom stereocenters. The van der Waals surface area contributed by atoms with Gasteiger partial charge in [-0.2, -0.15) is 0 Å². The van der Waals surface area contributed by atoms with E-state index in [0.29, 0.717) is 24.9 Å². The molecule has 1 aromatic rings. The highest BCUT2D eigenvalue weighted by atomic mass is 79.9. The molecule has 0 heterocycles. The minimum atomic E-state index is -0.447. The van der Waals surface area contributed by atoms with Gasteiger partial charge in [-0.05, 0) is 28.4 Å². The Hall–Kier alpha value is -1.54. The van der Waals surface area contributed by atoms with Gasteiger partial charge in [0.25, 0.3) is 0 Å². The van der Waals surface area contributed by atoms with Crippen molar-refractivity contribution >= 4 is 27.5 Å². The second-order valence-electron chi connectivity index (χ2n) is 3.57. The smallest absolute Gasteiger partial charge is 0.224 e. The molecular formula is C13H13BrFNO2. The Morgan fingerprint density at radius 3 is 2.94 bits per heavy atom. The second kappa shape index (κ2) is 7.02. The van der Waals surface area contributed by atoms with Gasteiger partial charge in [-0.15, -0.1) is 12.3 Å². The molecule has 1 N–H and O–H groups in total. The molecule has 18 heavy (non-hydrogen) atoms. The fourth-order valence-corrected chi connectivity index (χ4v) is 1.70. The summed E-state index contributed by atoms with van der Waals surface area (Å²) in [5.41, 5.74) is 0.427. The van der Waals surface area contributed by atoms with E-state index in [-0.39, 0.29) is 16.1 Å². The van der Waals surface area contributed by atoms with E-state index in [0.717, 1.165) is 0 Å². The predicted octanol–water partition coefficient (Wildman–Crippen LogP) is 3.34. The number of terminal acetylenes is 1. The Morgan fingerprint density at radius 1 is 1.61 bits per heavy atom. The van der Waals surface area contributed by atoms with Crippen LogP contribution in [0.3, 0.4) is 0 Å². The van der Waals surface area contributed by atoms with E-state index in [2.05, 4.69) is 27.2 Å². The molecular weight excluding hydrogens is 301 g/mol. The van der Waals surface area contributed by atoms with E-state index in [1.54, 1.807) is 0 Å². The Morgan fingerprint density at radius 2 is 2.33 bits per heavy atom. The summed E-state index contributed by atoms with van der Waals surface area (Å²) in [7, 11) is 1.41. The summed E-state index contributed by atoms with van der Waals surface area (Å²) in [4.78, 5) is 11.6. The lowest BCUT2D eigenvalue weighted by Crippen LogP contribution is -2.12. The van der Waals surface area contributed by atoms with Crippen LogP contribution in [0.4, 0.5) is 10.1 Å². The topological polar surface area (TPSA) is 38.3 Å². The van der Waals surface area contributed by atoms with Crippen LogP contribution in [-0.2, 0) is 4.79 Å². The van der Waals surface area contributed by atoms with Gasteiger partial charge in [0.2, 0.25) is 5.91 Å². The first-order chi connectivity index (χ1) is 8.58. The van der Waals surface area contributed by atoms with E-state index in [1.807, 2.05) is 0 Å². The van der Waals surface area contributed by atoms with Crippen molar-refractivity contribution < 1.29 is 13.9 Å². The van der Waals surface area contributed by atoms with Gasteiger partial charge in [0.1, 0.15) is 11.6 Å². The molecule has 96 valence electrons. The van der Waals surface area contributed by atoms with E-state index in [4.69, 9.17) is 11.2 Å². The lowest BCUT2D eigenvalue weighted by molar-refractivity contribution is -0.116. The Kier molecular flexibility index (Phi) is 5.66. The maximum Gasteiger partial charge on any atom is 0.224 e. The third kappa shape index (κ3) is 4.04. The number of anilines is 1. The van der Waals surface area contributed by atoms with Crippen molar-refractivity contribution in [2.75, 3.05) is 12.4 Å². The molecule has 1 rings (SSSR count). The number of nitrogens with one attached hydrogen (secondary N) is 1. The largest absolute Gasteiger partial charge is 0.494 e. The molecule has 1 amide bonds. The van der Waals surface area contributed by atoms with E-state index >= 15 is 0 Å². The van der Waals surface area contributed by atoms with Crippen molar-refractivity contribution in [2.24, 2.45) is 0 Å². The van der Waals surface area contributed by atoms with Gasteiger partial charge in [0.05, 0.1) is 17.3 Å². The molecule has 0 unspecified atom stereocenters. The SMILES string of the molecule is C#CCCCC(=O)Nc1cc(Br)c(F)cc1OC. The van der Waals surface area contributed by atoms with E-state index < -0.39 is 5.82 Å². The first-order valence-electron chi connectivity index (χ1n) is 5.34. The second-order valence-corrected chi connectivity index (χ2v) is 4.43. The Labute approximate surface area is 114 Å². The van der Waals surface area contributed by atoms with Gasteiger partial charge in [0.15, 0.2) is 0 Å². The number of rotatable bonds is 5. The number of benzene rings is 1. The number of halogens is 2. The standard InChI is InChI=1S/C13H13BrFNO2/c1-3-4-5-6-13(17)16-11-7-9(14)10(15)8-12(11)18-2/h1,7-8H,4-6H2,2H3,(H,16,17). The van der Waals surface area contributed by atoms with Gasteiger partial charge in [-0.1, -0.05) is 0 Å². The summed E-state index contributed by atoms with van der Waals surface area (Å²) in [5.74, 6) is 2.12. The lowest BCUT2D eigenvalue weighted by atomic mass is 10.2. The molecule has 0 saturated carbocycles. The average molecular weight is 314 g/mol. The molecule has 0 bridgehead atoms. The minimum absolute atomic E-state index is 0.179. The maximum absolute atomic E-state index is 13.3. The highest BCUT2D eigenvalue weighted by Crippen LogP contribution is 2.30. The summed E-state index contributed by atoms with van der Waals surface area (Å²) in [6, 6.07) is 2.67. The van der Waals surface area contributed by atoms with Crippen LogP contribution in [0.2, 0.25) is 0 Å². The summed E-state index contributed by atoms with van der Waals surface area (Å²) in [6.45, 7) is 0. The van der Waals surface area contributed by atoms with E-state index in [9.17, 15) is 9.18 Å². The molecule has 3 nitrogen and oxygen atoms in total. The minimum Gasteiger partial charge on any atom is -0.494 e. The third-order valence-electron chi connectivity index (χ3n) is 2.24. The van der Waals surface area contributed by atoms with Gasteiger partial charge >= 0.3 is 0 Å². The number of hydrogen-bond acceptors (Lipinski definition) is 2. The van der Waals surface area contributed by atoms with Crippen LogP contribution < -0.4 is 10.1 Å². The van der Waals surface area contributed by atoms with Crippen LogP contribution in [0, 0.1) is 18.2 Å². The lowest BCUT2D eigenvalue weighted by Gasteiger charge is -2.11. The Bertz CT molecular complexity index is 483. The summed E-state index contributed by atoms with van der Waals surface area (Å²) < 4.78 is 18.5. The van der Waals surface area contributed by atoms with E-state index in [1.165, 1.54) is 19.2 Å². The predicted molar refractivity (Wildman–Crippen MR) is 72.0 cm³/mol. The summed E-state index contributed by atoms with van der Waals surface area (Å²) in [5, 5.41) is 2.66. The molecule has 0 spiro atoms. The molecule has 0 aliphatic carbocycles. The third-order valence-corrected chi connectivity index (χ3v) is 2.85. The fourth-order valence-electron chi connectivity index (χ4n) is 1.36. The average Bonchev–Trinajstić information content (AvgIpc) is 2.34. The fraction of sp³-hybridized carbons (Fsp3) is 0.308. The summed E-state index contributed by atoms with van der Waals surface area (Å²) >= 11 is 3.05. The highest BCUT2D eigenvalue weighted by Gasteiger charge is 2.11. The molecule has 0 fully saturated rings. The van der Waals surface area contributed by atoms with Crippen LogP contribution >= 0.6 is 15.9 Å². The van der Waals surface area contributed by atoms with Crippen LogP contribution in [0.15, 0.2) is 16.6 Å². The number of methoxy groups -OCH3 is 1. The van der Waals surface area contributed by atoms with Crippen LogP contribution in [0.5, 0.6) is 5.75 Å². The molecule has 0 aromatic heterocycles. The molecule has 0 radical (unpaired) electrons. The zero-order chi connectivity index (χ0) is 13.5. The number of carbonyl (C=O) groups is 1. The van der Waals surface area contributed by atoms with Crippen molar-refractivity contribution in [3.05, 3.63) is 22.4 Å². The van der Waals surface area contributed by atoms with Crippen molar-refractivity contribution in [1.29, 1.82) is 0 Å². The first kappa shape index (κ1) is 14.5. The molecule has 0 aliphatic heterocycles. The van der Waals surface area contributed by atoms with Gasteiger partial charge in [0, 0.05) is 18.9 Å². The van der Waals surface area contributed by atoms with Crippen molar-refractivity contribution in [3.8, 4) is 18.1 Å². The van der Waals surface area contributed by atoms with Gasteiger partial charge in [-0.25, -0.2) is 4.39 Å². The maximum atomic E-state index is 13.3. The molecule has 1 aromatic carbocycles. The molecule has 0 aliphatic rings. The number of carbonyl (C=O) groups excluding carboxylic acids is 1. The number of amides is 1. The monoisotopic (exact) mass is 313 g/mol.